The first-order chi connectivity index (χ1) is 11.6. The quantitative estimate of drug-likeness (QED) is 0.884. The third-order valence-corrected chi connectivity index (χ3v) is 4.92. The van der Waals surface area contributed by atoms with Crippen molar-refractivity contribution in [3.05, 3.63) is 30.3 Å². The van der Waals surface area contributed by atoms with Gasteiger partial charge in [-0.05, 0) is 31.4 Å². The van der Waals surface area contributed by atoms with Gasteiger partial charge in [0, 0.05) is 50.9 Å². The third-order valence-electron chi connectivity index (χ3n) is 4.92. The second kappa shape index (κ2) is 7.55. The van der Waals surface area contributed by atoms with Crippen molar-refractivity contribution in [2.24, 2.45) is 0 Å². The van der Waals surface area contributed by atoms with Gasteiger partial charge >= 0.3 is 6.03 Å². The summed E-state index contributed by atoms with van der Waals surface area (Å²) in [6.07, 6.45) is 2.62. The van der Waals surface area contributed by atoms with Gasteiger partial charge in [-0.3, -0.25) is 4.79 Å². The molecule has 0 aromatic heterocycles. The second-order valence-electron chi connectivity index (χ2n) is 6.67. The van der Waals surface area contributed by atoms with E-state index in [0.717, 1.165) is 45.4 Å². The van der Waals surface area contributed by atoms with Crippen LogP contribution in [0, 0.1) is 0 Å². The average Bonchev–Trinajstić information content (AvgIpc) is 3.04. The lowest BCUT2D eigenvalue weighted by atomic mass is 10.1. The predicted molar refractivity (Wildman–Crippen MR) is 94.0 cm³/mol. The van der Waals surface area contributed by atoms with E-state index in [4.69, 9.17) is 0 Å². The molecule has 2 fully saturated rings. The lowest BCUT2D eigenvalue weighted by Gasteiger charge is -2.32. The normalized spacial score (nSPS) is 21.6. The predicted octanol–water partition coefficient (Wildman–Crippen LogP) is 1.58. The van der Waals surface area contributed by atoms with E-state index in [2.05, 4.69) is 27.7 Å². The molecular weight excluding hydrogens is 304 g/mol. The van der Waals surface area contributed by atoms with Gasteiger partial charge in [0.1, 0.15) is 0 Å². The molecule has 1 atom stereocenters. The SMILES string of the molecule is CC(=O)N1CCC(NC(=O)N[C@@H]2CCN(c3ccccc3)C2)CC1. The lowest BCUT2D eigenvalue weighted by molar-refractivity contribution is -0.129. The van der Waals surface area contributed by atoms with E-state index < -0.39 is 0 Å². The molecule has 2 aliphatic heterocycles. The number of carbonyl (C=O) groups excluding carboxylic acids is 2. The zero-order valence-electron chi connectivity index (χ0n) is 14.2. The molecule has 0 radical (unpaired) electrons. The summed E-state index contributed by atoms with van der Waals surface area (Å²) >= 11 is 0. The molecule has 2 saturated heterocycles. The van der Waals surface area contributed by atoms with E-state index in [1.807, 2.05) is 23.1 Å². The van der Waals surface area contributed by atoms with E-state index >= 15 is 0 Å². The summed E-state index contributed by atoms with van der Waals surface area (Å²) in [6, 6.07) is 10.6. The van der Waals surface area contributed by atoms with Crippen LogP contribution in [0.1, 0.15) is 26.2 Å². The molecule has 6 nitrogen and oxygen atoms in total. The van der Waals surface area contributed by atoms with Crippen LogP contribution in [0.3, 0.4) is 0 Å². The Bertz CT molecular complexity index is 570. The Hall–Kier alpha value is -2.24. The minimum atomic E-state index is -0.0869. The number of anilines is 1. The van der Waals surface area contributed by atoms with Crippen molar-refractivity contribution in [2.45, 2.75) is 38.3 Å². The van der Waals surface area contributed by atoms with E-state index in [-0.39, 0.29) is 24.0 Å². The van der Waals surface area contributed by atoms with Crippen molar-refractivity contribution in [2.75, 3.05) is 31.1 Å². The first-order valence-electron chi connectivity index (χ1n) is 8.74. The minimum Gasteiger partial charge on any atom is -0.369 e. The van der Waals surface area contributed by atoms with Gasteiger partial charge in [-0.25, -0.2) is 4.79 Å². The van der Waals surface area contributed by atoms with Crippen LogP contribution in [0.5, 0.6) is 0 Å². The summed E-state index contributed by atoms with van der Waals surface area (Å²) in [7, 11) is 0. The number of hydrogen-bond donors (Lipinski definition) is 2. The highest BCUT2D eigenvalue weighted by Gasteiger charge is 2.26. The number of piperidine rings is 1. The van der Waals surface area contributed by atoms with Gasteiger partial charge in [0.25, 0.3) is 0 Å². The lowest BCUT2D eigenvalue weighted by Crippen LogP contribution is -2.51. The number of nitrogens with zero attached hydrogens (tertiary/aromatic N) is 2. The highest BCUT2D eigenvalue weighted by molar-refractivity contribution is 5.75. The number of benzene rings is 1. The molecule has 0 bridgehead atoms. The molecule has 24 heavy (non-hydrogen) atoms. The van der Waals surface area contributed by atoms with Crippen LogP contribution < -0.4 is 15.5 Å². The highest BCUT2D eigenvalue weighted by atomic mass is 16.2. The molecule has 2 N–H and O–H groups in total. The van der Waals surface area contributed by atoms with Crippen molar-refractivity contribution < 1.29 is 9.59 Å². The fourth-order valence-electron chi connectivity index (χ4n) is 3.50. The Morgan fingerprint density at radius 1 is 0.958 bits per heavy atom. The second-order valence-corrected chi connectivity index (χ2v) is 6.67. The Labute approximate surface area is 143 Å². The van der Waals surface area contributed by atoms with E-state index in [9.17, 15) is 9.59 Å². The number of urea groups is 1. The van der Waals surface area contributed by atoms with E-state index in [1.54, 1.807) is 6.92 Å². The molecule has 1 aromatic rings. The molecule has 2 heterocycles. The van der Waals surface area contributed by atoms with Crippen LogP contribution in [0.4, 0.5) is 10.5 Å². The summed E-state index contributed by atoms with van der Waals surface area (Å²) in [5, 5.41) is 6.14. The molecule has 130 valence electrons. The Morgan fingerprint density at radius 2 is 1.58 bits per heavy atom. The average molecular weight is 330 g/mol. The van der Waals surface area contributed by atoms with Crippen molar-refractivity contribution in [3.8, 4) is 0 Å². The summed E-state index contributed by atoms with van der Waals surface area (Å²) in [5.74, 6) is 0.116. The van der Waals surface area contributed by atoms with Crippen molar-refractivity contribution in [3.63, 3.8) is 0 Å². The number of carbonyl (C=O) groups is 2. The molecule has 3 amide bonds. The number of nitrogens with one attached hydrogen (secondary N) is 2. The van der Waals surface area contributed by atoms with Gasteiger partial charge < -0.3 is 20.4 Å². The van der Waals surface area contributed by atoms with Crippen molar-refractivity contribution in [1.29, 1.82) is 0 Å². The Balaban J connectivity index is 1.41. The van der Waals surface area contributed by atoms with Gasteiger partial charge in [0.2, 0.25) is 5.91 Å². The first-order valence-corrected chi connectivity index (χ1v) is 8.74. The summed E-state index contributed by atoms with van der Waals surface area (Å²) in [4.78, 5) is 27.7. The Kier molecular flexibility index (Phi) is 5.23. The van der Waals surface area contributed by atoms with Crippen LogP contribution in [-0.2, 0) is 4.79 Å². The zero-order chi connectivity index (χ0) is 16.9. The number of para-hydroxylation sites is 1. The van der Waals surface area contributed by atoms with Gasteiger partial charge in [0.05, 0.1) is 0 Å². The topological polar surface area (TPSA) is 64.7 Å². The molecule has 6 heteroatoms. The third kappa shape index (κ3) is 4.19. The number of amides is 3. The van der Waals surface area contributed by atoms with Crippen LogP contribution in [0.25, 0.3) is 0 Å². The summed E-state index contributed by atoms with van der Waals surface area (Å²) in [6.45, 7) is 4.86. The van der Waals surface area contributed by atoms with Crippen LogP contribution in [0.15, 0.2) is 30.3 Å². The zero-order valence-corrected chi connectivity index (χ0v) is 14.2. The maximum atomic E-state index is 12.2. The van der Waals surface area contributed by atoms with Gasteiger partial charge in [-0.1, -0.05) is 18.2 Å². The molecular formula is C18H26N4O2. The number of likely N-dealkylation sites (tertiary alicyclic amines) is 1. The smallest absolute Gasteiger partial charge is 0.315 e. The molecule has 0 aliphatic carbocycles. The fourth-order valence-corrected chi connectivity index (χ4v) is 3.50. The van der Waals surface area contributed by atoms with Crippen molar-refractivity contribution in [1.82, 2.24) is 15.5 Å². The number of hydrogen-bond acceptors (Lipinski definition) is 3. The van der Waals surface area contributed by atoms with Crippen LogP contribution in [-0.4, -0.2) is 55.1 Å². The maximum absolute atomic E-state index is 12.2. The van der Waals surface area contributed by atoms with E-state index in [1.165, 1.54) is 5.69 Å². The summed E-state index contributed by atoms with van der Waals surface area (Å²) < 4.78 is 0. The molecule has 1 aromatic carbocycles. The van der Waals surface area contributed by atoms with Gasteiger partial charge in [0.15, 0.2) is 0 Å². The molecule has 2 aliphatic rings. The van der Waals surface area contributed by atoms with Crippen molar-refractivity contribution >= 4 is 17.6 Å². The van der Waals surface area contributed by atoms with Crippen LogP contribution >= 0.6 is 0 Å². The Morgan fingerprint density at radius 3 is 2.25 bits per heavy atom. The monoisotopic (exact) mass is 330 g/mol. The standard InChI is InChI=1S/C18H26N4O2/c1-14(23)21-10-7-15(8-11-21)19-18(24)20-16-9-12-22(13-16)17-5-3-2-4-6-17/h2-6,15-16H,7-13H2,1H3,(H2,19,20,24)/t16-/m1/s1. The first kappa shape index (κ1) is 16.6. The molecule has 0 spiro atoms. The highest BCUT2D eigenvalue weighted by Crippen LogP contribution is 2.19. The molecule has 3 rings (SSSR count). The fraction of sp³-hybridized carbons (Fsp3) is 0.556. The number of rotatable bonds is 3. The van der Waals surface area contributed by atoms with E-state index in [0.29, 0.717) is 0 Å². The summed E-state index contributed by atoms with van der Waals surface area (Å²) in [5.41, 5.74) is 1.21. The van der Waals surface area contributed by atoms with Gasteiger partial charge in [-0.2, -0.15) is 0 Å². The minimum absolute atomic E-state index is 0.0869. The largest absolute Gasteiger partial charge is 0.369 e. The van der Waals surface area contributed by atoms with Crippen LogP contribution in [0.2, 0.25) is 0 Å². The molecule has 0 saturated carbocycles. The molecule has 0 unspecified atom stereocenters. The maximum Gasteiger partial charge on any atom is 0.315 e. The van der Waals surface area contributed by atoms with Gasteiger partial charge in [-0.15, -0.1) is 0 Å².